The second kappa shape index (κ2) is 13.8. The summed E-state index contributed by atoms with van der Waals surface area (Å²) in [6.07, 6.45) is 0. The maximum Gasteiger partial charge on any atom is 0.268 e. The maximum atomic E-state index is 15.2. The van der Waals surface area contributed by atoms with Crippen molar-refractivity contribution in [3.05, 3.63) is 210 Å². The molecule has 10 rings (SSSR count). The number of hydrogen-bond donors (Lipinski definition) is 0. The lowest BCUT2D eigenvalue weighted by atomic mass is 9.97. The Morgan fingerprint density at radius 1 is 0.466 bits per heavy atom. The van der Waals surface area contributed by atoms with Gasteiger partial charge in [-0.05, 0) is 64.2 Å². The van der Waals surface area contributed by atoms with Crippen LogP contribution in [0.4, 0.5) is 11.4 Å². The average Bonchev–Trinajstić information content (AvgIpc) is 3.77. The third-order valence-electron chi connectivity index (χ3n) is 11.0. The number of imide groups is 1. The quantitative estimate of drug-likeness (QED) is 0.126. The van der Waals surface area contributed by atoms with E-state index in [2.05, 4.69) is 33.7 Å². The number of rotatable bonds is 6. The molecule has 0 aliphatic carbocycles. The first-order valence-corrected chi connectivity index (χ1v) is 18.9. The van der Waals surface area contributed by atoms with E-state index in [9.17, 15) is 10.1 Å². The van der Waals surface area contributed by atoms with Crippen LogP contribution in [0.1, 0.15) is 26.3 Å². The van der Waals surface area contributed by atoms with Crippen LogP contribution in [0.25, 0.3) is 76.8 Å². The Labute approximate surface area is 334 Å². The van der Waals surface area contributed by atoms with E-state index < -0.39 is 11.8 Å². The molecular weight excluding hydrogens is 713 g/mol. The first-order chi connectivity index (χ1) is 28.5. The zero-order valence-corrected chi connectivity index (χ0v) is 30.9. The molecule has 9 aromatic rings. The van der Waals surface area contributed by atoms with Gasteiger partial charge in [0.1, 0.15) is 0 Å². The number of carbonyl (C=O) groups excluding carboxylic acids is 2. The van der Waals surface area contributed by atoms with E-state index in [1.807, 2.05) is 146 Å². The first-order valence-electron chi connectivity index (χ1n) is 18.9. The largest absolute Gasteiger partial charge is 0.307 e. The lowest BCUT2D eigenvalue weighted by Crippen LogP contribution is -2.30. The highest BCUT2D eigenvalue weighted by atomic mass is 16.2. The minimum atomic E-state index is -0.412. The summed E-state index contributed by atoms with van der Waals surface area (Å²) in [5, 5.41) is 11.5. The lowest BCUT2D eigenvalue weighted by Gasteiger charge is -2.20. The van der Waals surface area contributed by atoms with E-state index in [0.29, 0.717) is 33.8 Å². The summed E-state index contributed by atoms with van der Waals surface area (Å²) in [6.45, 7) is 7.54. The van der Waals surface area contributed by atoms with Crippen molar-refractivity contribution in [3.63, 3.8) is 0 Å². The number of anilines is 1. The van der Waals surface area contributed by atoms with Crippen molar-refractivity contribution >= 4 is 45.0 Å². The fraction of sp³-hybridized carbons (Fsp3) is 0. The summed E-state index contributed by atoms with van der Waals surface area (Å²) < 4.78 is 2.13. The maximum absolute atomic E-state index is 15.2. The summed E-state index contributed by atoms with van der Waals surface area (Å²) in [5.41, 5.74) is 11.8. The van der Waals surface area contributed by atoms with Gasteiger partial charge in [0.15, 0.2) is 5.69 Å². The monoisotopic (exact) mass is 742 g/mol. The topological polar surface area (TPSA) is 70.5 Å². The van der Waals surface area contributed by atoms with Crippen molar-refractivity contribution < 1.29 is 9.59 Å². The normalized spacial score (nSPS) is 12.1. The van der Waals surface area contributed by atoms with Crippen LogP contribution in [-0.2, 0) is 0 Å². The van der Waals surface area contributed by atoms with Crippen molar-refractivity contribution in [1.82, 2.24) is 4.57 Å². The molecule has 0 unspecified atom stereocenters. The summed E-state index contributed by atoms with van der Waals surface area (Å²) in [5.74, 6) is -0.806. The molecule has 8 aromatic carbocycles. The number of amides is 2. The standard InChI is InChI=1S/C52H30N4O2/c1-54-39-28-25-37(26-29-39)41-16-9-18-43-42-17-8-15-40(36-23-21-33(32-53)22-24-36)49(42)55(50(41)43)47-20-10-19-44-48(47)52(58)56(51(44)57)46-30-27-38(34-11-4-2-5-12-34)31-45(46)35-13-6-3-7-14-35/h2-31H. The Morgan fingerprint density at radius 2 is 1.00 bits per heavy atom. The predicted molar refractivity (Wildman–Crippen MR) is 231 cm³/mol. The zero-order chi connectivity index (χ0) is 39.3. The Morgan fingerprint density at radius 3 is 1.60 bits per heavy atom. The van der Waals surface area contributed by atoms with Crippen LogP contribution in [0.2, 0.25) is 0 Å². The third-order valence-corrected chi connectivity index (χ3v) is 11.0. The molecule has 1 aromatic heterocycles. The van der Waals surface area contributed by atoms with Gasteiger partial charge in [-0.1, -0.05) is 146 Å². The summed E-state index contributed by atoms with van der Waals surface area (Å²) in [4.78, 5) is 34.9. The molecule has 0 atom stereocenters. The fourth-order valence-electron chi connectivity index (χ4n) is 8.32. The van der Waals surface area contributed by atoms with Crippen LogP contribution in [0.15, 0.2) is 182 Å². The molecule has 0 radical (unpaired) electrons. The molecule has 0 saturated carbocycles. The molecule has 1 aliphatic heterocycles. The lowest BCUT2D eigenvalue weighted by molar-refractivity contribution is 0.0926. The fourth-order valence-corrected chi connectivity index (χ4v) is 8.32. The van der Waals surface area contributed by atoms with Gasteiger partial charge in [0.2, 0.25) is 0 Å². The van der Waals surface area contributed by atoms with E-state index in [0.717, 1.165) is 66.3 Å². The summed E-state index contributed by atoms with van der Waals surface area (Å²) >= 11 is 0. The smallest absolute Gasteiger partial charge is 0.268 e. The van der Waals surface area contributed by atoms with Crippen LogP contribution in [0.3, 0.4) is 0 Å². The number of nitrogens with zero attached hydrogens (tertiary/aromatic N) is 4. The van der Waals surface area contributed by atoms with E-state index in [1.54, 1.807) is 18.2 Å². The minimum Gasteiger partial charge on any atom is -0.307 e. The molecule has 6 nitrogen and oxygen atoms in total. The molecule has 0 spiro atoms. The van der Waals surface area contributed by atoms with Crippen molar-refractivity contribution in [2.45, 2.75) is 0 Å². The Balaban J connectivity index is 1.24. The second-order valence-electron chi connectivity index (χ2n) is 14.2. The number of fused-ring (bicyclic) bond motifs is 4. The van der Waals surface area contributed by atoms with Gasteiger partial charge >= 0.3 is 0 Å². The Bertz CT molecular complexity index is 3090. The highest BCUT2D eigenvalue weighted by Crippen LogP contribution is 2.45. The molecule has 2 heterocycles. The van der Waals surface area contributed by atoms with Gasteiger partial charge in [0, 0.05) is 27.5 Å². The third kappa shape index (κ3) is 5.40. The van der Waals surface area contributed by atoms with Crippen molar-refractivity contribution in [2.75, 3.05) is 4.90 Å². The van der Waals surface area contributed by atoms with Gasteiger partial charge in [-0.3, -0.25) is 9.59 Å². The van der Waals surface area contributed by atoms with Crippen LogP contribution in [0, 0.1) is 17.9 Å². The van der Waals surface area contributed by atoms with Crippen molar-refractivity contribution in [3.8, 4) is 56.3 Å². The van der Waals surface area contributed by atoms with Crippen LogP contribution < -0.4 is 4.90 Å². The van der Waals surface area contributed by atoms with Crippen LogP contribution in [-0.4, -0.2) is 16.4 Å². The highest BCUT2D eigenvalue weighted by Gasteiger charge is 2.40. The highest BCUT2D eigenvalue weighted by molar-refractivity contribution is 6.36. The van der Waals surface area contributed by atoms with Gasteiger partial charge in [-0.2, -0.15) is 5.26 Å². The number of nitriles is 1. The molecule has 0 bridgehead atoms. The van der Waals surface area contributed by atoms with Crippen LogP contribution >= 0.6 is 0 Å². The number of benzene rings is 8. The van der Waals surface area contributed by atoms with E-state index >= 15 is 4.79 Å². The SMILES string of the molecule is [C-]#[N+]c1ccc(-c2cccc3c4cccc(-c5ccc(C#N)cc5)c4n(-c4cccc5c4C(=O)N(c4ccc(-c6ccccc6)cc4-c4ccccc4)C5=O)c23)cc1. The zero-order valence-electron chi connectivity index (χ0n) is 30.9. The number of para-hydroxylation sites is 2. The van der Waals surface area contributed by atoms with E-state index in [1.165, 1.54) is 4.90 Å². The molecule has 2 amide bonds. The molecule has 6 heteroatoms. The second-order valence-corrected chi connectivity index (χ2v) is 14.2. The van der Waals surface area contributed by atoms with Gasteiger partial charge in [-0.15, -0.1) is 0 Å². The van der Waals surface area contributed by atoms with Crippen molar-refractivity contribution in [2.24, 2.45) is 0 Å². The molecule has 58 heavy (non-hydrogen) atoms. The molecule has 270 valence electrons. The van der Waals surface area contributed by atoms with Gasteiger partial charge < -0.3 is 4.57 Å². The Hall–Kier alpha value is -8.32. The predicted octanol–water partition coefficient (Wildman–Crippen LogP) is 12.7. The first kappa shape index (κ1) is 34.2. The summed E-state index contributed by atoms with van der Waals surface area (Å²) in [7, 11) is 0. The molecule has 0 N–H and O–H groups in total. The van der Waals surface area contributed by atoms with Crippen LogP contribution in [0.5, 0.6) is 0 Å². The van der Waals surface area contributed by atoms with E-state index in [-0.39, 0.29) is 0 Å². The van der Waals surface area contributed by atoms with Gasteiger partial charge in [-0.25, -0.2) is 9.74 Å². The summed E-state index contributed by atoms with van der Waals surface area (Å²) in [6, 6.07) is 60.8. The number of aromatic nitrogens is 1. The number of hydrogen-bond acceptors (Lipinski definition) is 3. The van der Waals surface area contributed by atoms with E-state index in [4.69, 9.17) is 6.57 Å². The van der Waals surface area contributed by atoms with Gasteiger partial charge in [0.25, 0.3) is 11.8 Å². The Kier molecular flexibility index (Phi) is 8.11. The van der Waals surface area contributed by atoms with Crippen molar-refractivity contribution in [1.29, 1.82) is 5.26 Å². The molecule has 1 aliphatic rings. The average molecular weight is 743 g/mol. The molecule has 0 saturated heterocycles. The molecular formula is C52H30N4O2. The minimum absolute atomic E-state index is 0.310. The molecule has 0 fully saturated rings. The van der Waals surface area contributed by atoms with Gasteiger partial charge in [0.05, 0.1) is 51.7 Å². The number of carbonyl (C=O) groups is 2.